The van der Waals surface area contributed by atoms with Crippen LogP contribution < -0.4 is 14.5 Å². The molecule has 0 spiro atoms. The molecule has 1 amide bonds. The molecule has 0 aliphatic rings. The van der Waals surface area contributed by atoms with Gasteiger partial charge in [0.05, 0.1) is 28.9 Å². The van der Waals surface area contributed by atoms with Crippen LogP contribution in [0.1, 0.15) is 27.0 Å². The molecule has 5 aromatic rings. The molecule has 0 heterocycles. The Labute approximate surface area is 245 Å². The third-order valence-electron chi connectivity index (χ3n) is 6.41. The zero-order valence-corrected chi connectivity index (χ0v) is 23.7. The molecule has 7 nitrogen and oxygen atoms in total. The normalized spacial score (nSPS) is 11.3. The number of rotatable bonds is 10. The molecule has 0 atom stereocenters. The smallest absolute Gasteiger partial charge is 0.273 e. The van der Waals surface area contributed by atoms with Crippen LogP contribution in [0.3, 0.4) is 0 Å². The van der Waals surface area contributed by atoms with Crippen molar-refractivity contribution in [1.82, 2.24) is 5.43 Å². The molecule has 0 fully saturated rings. The van der Waals surface area contributed by atoms with Crippen molar-refractivity contribution in [1.29, 1.82) is 0 Å². The van der Waals surface area contributed by atoms with Gasteiger partial charge in [-0.15, -0.1) is 0 Å². The van der Waals surface area contributed by atoms with E-state index in [1.165, 1.54) is 10.5 Å². The SMILES string of the molecule is Cc1ccc(S(=O)(=O)N(Cc2ccccc2)c2ccccc2C(=O)N/N=C\c2cccc(Oc3ccccc3)c2)cc1. The predicted molar refractivity (Wildman–Crippen MR) is 165 cm³/mol. The van der Waals surface area contributed by atoms with Crippen molar-refractivity contribution < 1.29 is 17.9 Å². The summed E-state index contributed by atoms with van der Waals surface area (Å²) in [4.78, 5) is 13.5. The fourth-order valence-electron chi connectivity index (χ4n) is 4.28. The highest BCUT2D eigenvalue weighted by Crippen LogP contribution is 2.29. The number of sulfonamides is 1. The van der Waals surface area contributed by atoms with Crippen molar-refractivity contribution in [2.45, 2.75) is 18.4 Å². The number of nitrogens with zero attached hydrogens (tertiary/aromatic N) is 2. The highest BCUT2D eigenvalue weighted by molar-refractivity contribution is 7.92. The van der Waals surface area contributed by atoms with E-state index in [1.807, 2.05) is 85.8 Å². The van der Waals surface area contributed by atoms with Crippen LogP contribution in [-0.2, 0) is 16.6 Å². The number of aryl methyl sites for hydroxylation is 1. The molecular formula is C34H29N3O4S. The minimum atomic E-state index is -4.02. The number of carbonyl (C=O) groups excluding carboxylic acids is 1. The maximum atomic E-state index is 13.9. The van der Waals surface area contributed by atoms with Gasteiger partial charge in [0.15, 0.2) is 0 Å². The molecule has 0 aromatic heterocycles. The van der Waals surface area contributed by atoms with E-state index in [2.05, 4.69) is 10.5 Å². The van der Waals surface area contributed by atoms with Gasteiger partial charge in [-0.05, 0) is 66.6 Å². The molecule has 1 N–H and O–H groups in total. The van der Waals surface area contributed by atoms with Crippen molar-refractivity contribution in [3.63, 3.8) is 0 Å². The fraction of sp³-hybridized carbons (Fsp3) is 0.0588. The lowest BCUT2D eigenvalue weighted by Crippen LogP contribution is -2.33. The number of para-hydroxylation sites is 2. The lowest BCUT2D eigenvalue weighted by atomic mass is 10.1. The molecule has 42 heavy (non-hydrogen) atoms. The molecule has 210 valence electrons. The molecule has 0 saturated carbocycles. The Kier molecular flexibility index (Phi) is 8.75. The number of hydrogen-bond acceptors (Lipinski definition) is 5. The Bertz CT molecular complexity index is 1790. The summed E-state index contributed by atoms with van der Waals surface area (Å²) in [5, 5.41) is 4.13. The number of ether oxygens (including phenoxy) is 1. The first-order valence-corrected chi connectivity index (χ1v) is 14.7. The number of hydrogen-bond donors (Lipinski definition) is 1. The second-order valence-electron chi connectivity index (χ2n) is 9.51. The minimum Gasteiger partial charge on any atom is -0.457 e. The van der Waals surface area contributed by atoms with E-state index in [0.717, 1.165) is 11.1 Å². The average molecular weight is 576 g/mol. The number of anilines is 1. The third-order valence-corrected chi connectivity index (χ3v) is 8.19. The van der Waals surface area contributed by atoms with Gasteiger partial charge in [0.25, 0.3) is 15.9 Å². The maximum absolute atomic E-state index is 13.9. The molecule has 0 aliphatic carbocycles. The van der Waals surface area contributed by atoms with Gasteiger partial charge in [-0.1, -0.05) is 90.5 Å². The summed E-state index contributed by atoms with van der Waals surface area (Å²) in [7, 11) is -4.02. The van der Waals surface area contributed by atoms with Crippen molar-refractivity contribution >= 4 is 27.8 Å². The number of amides is 1. The van der Waals surface area contributed by atoms with Crippen molar-refractivity contribution in [3.8, 4) is 11.5 Å². The molecule has 5 aromatic carbocycles. The lowest BCUT2D eigenvalue weighted by Gasteiger charge is -2.26. The zero-order valence-electron chi connectivity index (χ0n) is 22.9. The second kappa shape index (κ2) is 13.0. The molecule has 5 rings (SSSR count). The summed E-state index contributed by atoms with van der Waals surface area (Å²) in [6, 6.07) is 39.2. The van der Waals surface area contributed by atoms with E-state index >= 15 is 0 Å². The topological polar surface area (TPSA) is 88.1 Å². The fourth-order valence-corrected chi connectivity index (χ4v) is 5.75. The molecular weight excluding hydrogens is 546 g/mol. The quantitative estimate of drug-likeness (QED) is 0.144. The molecule has 0 bridgehead atoms. The van der Waals surface area contributed by atoms with E-state index in [-0.39, 0.29) is 22.7 Å². The van der Waals surface area contributed by atoms with E-state index in [4.69, 9.17) is 4.74 Å². The summed E-state index contributed by atoms with van der Waals surface area (Å²) < 4.78 is 35.0. The Morgan fingerprint density at radius 1 is 0.786 bits per heavy atom. The number of benzene rings is 5. The van der Waals surface area contributed by atoms with Crippen LogP contribution in [0.4, 0.5) is 5.69 Å². The summed E-state index contributed by atoms with van der Waals surface area (Å²) in [5.74, 6) is 0.785. The Morgan fingerprint density at radius 2 is 1.43 bits per heavy atom. The van der Waals surface area contributed by atoms with E-state index < -0.39 is 15.9 Å². The van der Waals surface area contributed by atoms with Crippen molar-refractivity contribution in [2.75, 3.05) is 4.31 Å². The lowest BCUT2D eigenvalue weighted by molar-refractivity contribution is 0.0955. The highest BCUT2D eigenvalue weighted by atomic mass is 32.2. The van der Waals surface area contributed by atoms with Gasteiger partial charge in [0, 0.05) is 0 Å². The van der Waals surface area contributed by atoms with Crippen molar-refractivity contribution in [2.24, 2.45) is 5.10 Å². The maximum Gasteiger partial charge on any atom is 0.273 e. The van der Waals surface area contributed by atoms with Crippen molar-refractivity contribution in [3.05, 3.63) is 156 Å². The Morgan fingerprint density at radius 3 is 2.17 bits per heavy atom. The largest absolute Gasteiger partial charge is 0.457 e. The molecule has 0 radical (unpaired) electrons. The van der Waals surface area contributed by atoms with Gasteiger partial charge >= 0.3 is 0 Å². The summed E-state index contributed by atoms with van der Waals surface area (Å²) >= 11 is 0. The van der Waals surface area contributed by atoms with Gasteiger partial charge in [-0.25, -0.2) is 13.8 Å². The van der Waals surface area contributed by atoms with Gasteiger partial charge < -0.3 is 4.74 Å². The van der Waals surface area contributed by atoms with Crippen LogP contribution in [0, 0.1) is 6.92 Å². The first-order chi connectivity index (χ1) is 20.4. The van der Waals surface area contributed by atoms with Gasteiger partial charge in [-0.3, -0.25) is 9.10 Å². The third kappa shape index (κ3) is 6.92. The van der Waals surface area contributed by atoms with E-state index in [0.29, 0.717) is 17.1 Å². The predicted octanol–water partition coefficient (Wildman–Crippen LogP) is 6.95. The van der Waals surface area contributed by atoms with Gasteiger partial charge in [0.2, 0.25) is 0 Å². The summed E-state index contributed by atoms with van der Waals surface area (Å²) in [6.07, 6.45) is 1.50. The monoisotopic (exact) mass is 575 g/mol. The highest BCUT2D eigenvalue weighted by Gasteiger charge is 2.28. The van der Waals surface area contributed by atoms with E-state index in [1.54, 1.807) is 54.6 Å². The molecule has 8 heteroatoms. The molecule has 0 aliphatic heterocycles. The Balaban J connectivity index is 1.40. The first-order valence-electron chi connectivity index (χ1n) is 13.3. The van der Waals surface area contributed by atoms with Gasteiger partial charge in [0.1, 0.15) is 11.5 Å². The van der Waals surface area contributed by atoms with Gasteiger partial charge in [-0.2, -0.15) is 5.10 Å². The van der Waals surface area contributed by atoms with Crippen LogP contribution in [0.5, 0.6) is 11.5 Å². The van der Waals surface area contributed by atoms with Crippen LogP contribution in [-0.4, -0.2) is 20.5 Å². The summed E-state index contributed by atoms with van der Waals surface area (Å²) in [5.41, 5.74) is 5.39. The number of hydrazone groups is 1. The molecule has 0 saturated heterocycles. The van der Waals surface area contributed by atoms with Crippen LogP contribution >= 0.6 is 0 Å². The van der Waals surface area contributed by atoms with Crippen LogP contribution in [0.15, 0.2) is 143 Å². The standard InChI is InChI=1S/C34H29N3O4S/c1-26-19-21-31(22-20-26)42(39,40)37(25-27-11-4-2-5-12-27)33-18-9-8-17-32(33)34(38)36-35-24-28-13-10-16-30(23-28)41-29-14-6-3-7-15-29/h2-24H,25H2,1H3,(H,36,38)/b35-24-. The average Bonchev–Trinajstić information content (AvgIpc) is 3.01. The molecule has 0 unspecified atom stereocenters. The van der Waals surface area contributed by atoms with Crippen LogP contribution in [0.2, 0.25) is 0 Å². The zero-order chi connectivity index (χ0) is 29.4. The first kappa shape index (κ1) is 28.3. The number of carbonyl (C=O) groups is 1. The Hall–Kier alpha value is -5.21. The van der Waals surface area contributed by atoms with E-state index in [9.17, 15) is 13.2 Å². The summed E-state index contributed by atoms with van der Waals surface area (Å²) in [6.45, 7) is 1.93. The second-order valence-corrected chi connectivity index (χ2v) is 11.4. The minimum absolute atomic E-state index is 0.0405. The number of nitrogens with one attached hydrogen (secondary N) is 1. The van der Waals surface area contributed by atoms with Crippen LogP contribution in [0.25, 0.3) is 0 Å².